The number of hydrogen-bond acceptors (Lipinski definition) is 5. The van der Waals surface area contributed by atoms with Crippen molar-refractivity contribution in [2.24, 2.45) is 0 Å². The fraction of sp³-hybridized carbons (Fsp3) is 0.350. The van der Waals surface area contributed by atoms with Crippen LogP contribution in [-0.2, 0) is 14.8 Å². The van der Waals surface area contributed by atoms with Crippen molar-refractivity contribution < 1.29 is 17.9 Å². The third-order valence-electron chi connectivity index (χ3n) is 4.82. The van der Waals surface area contributed by atoms with E-state index in [9.17, 15) is 13.2 Å². The van der Waals surface area contributed by atoms with Crippen LogP contribution in [0, 0.1) is 0 Å². The van der Waals surface area contributed by atoms with E-state index in [1.54, 1.807) is 43.5 Å². The number of rotatable bonds is 7. The van der Waals surface area contributed by atoms with Gasteiger partial charge >= 0.3 is 0 Å². The van der Waals surface area contributed by atoms with Crippen molar-refractivity contribution in [1.29, 1.82) is 0 Å². The van der Waals surface area contributed by atoms with Gasteiger partial charge in [0.1, 0.15) is 5.75 Å². The van der Waals surface area contributed by atoms with Gasteiger partial charge in [0.25, 0.3) is 0 Å². The van der Waals surface area contributed by atoms with Crippen molar-refractivity contribution >= 4 is 37.5 Å². The number of carbonyl (C=O) groups is 1. The summed E-state index contributed by atoms with van der Waals surface area (Å²) in [7, 11) is -1.93. The van der Waals surface area contributed by atoms with Crippen LogP contribution in [0.1, 0.15) is 6.42 Å². The van der Waals surface area contributed by atoms with Crippen molar-refractivity contribution in [2.45, 2.75) is 11.3 Å². The number of amides is 1. The smallest absolute Gasteiger partial charge is 0.243 e. The molecule has 0 unspecified atom stereocenters. The van der Waals surface area contributed by atoms with Crippen LogP contribution in [0.4, 0.5) is 5.69 Å². The summed E-state index contributed by atoms with van der Waals surface area (Å²) in [5, 5.41) is 2.86. The van der Waals surface area contributed by atoms with E-state index in [1.807, 2.05) is 12.1 Å². The summed E-state index contributed by atoms with van der Waals surface area (Å²) in [4.78, 5) is 14.7. The number of carbonyl (C=O) groups excluding carboxylic acids is 1. The van der Waals surface area contributed by atoms with Crippen LogP contribution in [0.25, 0.3) is 0 Å². The normalized spacial score (nSPS) is 15.8. The number of para-hydroxylation sites is 2. The van der Waals surface area contributed by atoms with E-state index in [0.29, 0.717) is 55.5 Å². The number of sulfonamides is 1. The Hall–Kier alpha value is -1.94. The number of halogens is 1. The number of benzene rings is 2. The van der Waals surface area contributed by atoms with Gasteiger partial charge < -0.3 is 15.0 Å². The molecule has 2 aromatic carbocycles. The number of hydrogen-bond donors (Lipinski definition) is 1. The molecule has 1 N–H and O–H groups in total. The van der Waals surface area contributed by atoms with Gasteiger partial charge in [-0.25, -0.2) is 8.42 Å². The Labute approximate surface area is 179 Å². The number of piperazine rings is 1. The first-order valence-corrected chi connectivity index (χ1v) is 11.5. The molecule has 1 saturated heterocycles. The van der Waals surface area contributed by atoms with Gasteiger partial charge in [-0.15, -0.1) is 0 Å². The first kappa shape index (κ1) is 21.8. The molecule has 0 aliphatic carbocycles. The average molecular weight is 482 g/mol. The van der Waals surface area contributed by atoms with Crippen molar-refractivity contribution in [2.75, 3.05) is 45.2 Å². The quantitative estimate of drug-likeness (QED) is 0.657. The molecule has 1 amide bonds. The molecule has 29 heavy (non-hydrogen) atoms. The first-order valence-electron chi connectivity index (χ1n) is 9.31. The number of anilines is 1. The summed E-state index contributed by atoms with van der Waals surface area (Å²) in [6.45, 7) is 2.58. The summed E-state index contributed by atoms with van der Waals surface area (Å²) in [5.41, 5.74) is 0.644. The highest BCUT2D eigenvalue weighted by Crippen LogP contribution is 2.23. The standard InChI is InChI=1S/C20H24BrN3O4S/c1-28-19-5-3-2-4-18(19)22-20(25)10-11-23-12-14-24(15-13-23)29(26,27)17-8-6-16(21)7-9-17/h2-9H,10-15H2,1H3,(H,22,25). The van der Waals surface area contributed by atoms with Crippen LogP contribution in [0.15, 0.2) is 57.9 Å². The molecule has 156 valence electrons. The second kappa shape index (κ2) is 9.71. The van der Waals surface area contributed by atoms with Gasteiger partial charge in [-0.05, 0) is 36.4 Å². The highest BCUT2D eigenvalue weighted by atomic mass is 79.9. The molecule has 0 saturated carbocycles. The number of methoxy groups -OCH3 is 1. The lowest BCUT2D eigenvalue weighted by Crippen LogP contribution is -2.49. The first-order chi connectivity index (χ1) is 13.9. The van der Waals surface area contributed by atoms with E-state index in [1.165, 1.54) is 4.31 Å². The third kappa shape index (κ3) is 5.57. The monoisotopic (exact) mass is 481 g/mol. The average Bonchev–Trinajstić information content (AvgIpc) is 2.73. The Morgan fingerprint density at radius 2 is 1.72 bits per heavy atom. The fourth-order valence-electron chi connectivity index (χ4n) is 3.17. The Morgan fingerprint density at radius 1 is 1.07 bits per heavy atom. The highest BCUT2D eigenvalue weighted by molar-refractivity contribution is 9.10. The van der Waals surface area contributed by atoms with E-state index in [0.717, 1.165) is 4.47 Å². The predicted molar refractivity (Wildman–Crippen MR) is 116 cm³/mol. The molecule has 0 spiro atoms. The minimum Gasteiger partial charge on any atom is -0.495 e. The lowest BCUT2D eigenvalue weighted by molar-refractivity contribution is -0.116. The molecule has 9 heteroatoms. The molecule has 0 radical (unpaired) electrons. The molecule has 0 aromatic heterocycles. The lowest BCUT2D eigenvalue weighted by atomic mass is 10.2. The van der Waals surface area contributed by atoms with E-state index >= 15 is 0 Å². The lowest BCUT2D eigenvalue weighted by Gasteiger charge is -2.33. The molecule has 0 atom stereocenters. The third-order valence-corrected chi connectivity index (χ3v) is 7.26. The van der Waals surface area contributed by atoms with Crippen LogP contribution in [0.3, 0.4) is 0 Å². The molecule has 1 aliphatic heterocycles. The maximum atomic E-state index is 12.8. The second-order valence-electron chi connectivity index (χ2n) is 6.70. The summed E-state index contributed by atoms with van der Waals surface area (Å²) in [6, 6.07) is 13.9. The topological polar surface area (TPSA) is 79.0 Å². The molecular weight excluding hydrogens is 458 g/mol. The summed E-state index contributed by atoms with van der Waals surface area (Å²) in [5.74, 6) is 0.520. The molecule has 7 nitrogen and oxygen atoms in total. The van der Waals surface area contributed by atoms with Crippen LogP contribution < -0.4 is 10.1 Å². The number of nitrogens with one attached hydrogen (secondary N) is 1. The SMILES string of the molecule is COc1ccccc1NC(=O)CCN1CCN(S(=O)(=O)c2ccc(Br)cc2)CC1. The largest absolute Gasteiger partial charge is 0.495 e. The zero-order chi connectivity index (χ0) is 20.9. The Morgan fingerprint density at radius 3 is 2.38 bits per heavy atom. The van der Waals surface area contributed by atoms with Gasteiger partial charge in [-0.1, -0.05) is 28.1 Å². The highest BCUT2D eigenvalue weighted by Gasteiger charge is 2.28. The van der Waals surface area contributed by atoms with Crippen LogP contribution >= 0.6 is 15.9 Å². The maximum absolute atomic E-state index is 12.8. The van der Waals surface area contributed by atoms with Crippen LogP contribution in [0.2, 0.25) is 0 Å². The minimum absolute atomic E-state index is 0.0978. The zero-order valence-electron chi connectivity index (χ0n) is 16.2. The Kier molecular flexibility index (Phi) is 7.28. The fourth-order valence-corrected chi connectivity index (χ4v) is 4.86. The van der Waals surface area contributed by atoms with Crippen molar-refractivity contribution in [3.05, 3.63) is 53.0 Å². The molecular formula is C20H24BrN3O4S. The van der Waals surface area contributed by atoms with E-state index in [-0.39, 0.29) is 5.91 Å². The van der Waals surface area contributed by atoms with Gasteiger partial charge in [0.15, 0.2) is 0 Å². The van der Waals surface area contributed by atoms with Gasteiger partial charge in [-0.2, -0.15) is 4.31 Å². The van der Waals surface area contributed by atoms with Gasteiger partial charge in [0.2, 0.25) is 15.9 Å². The van der Waals surface area contributed by atoms with Crippen molar-refractivity contribution in [3.63, 3.8) is 0 Å². The molecule has 1 aliphatic rings. The predicted octanol–water partition coefficient (Wildman–Crippen LogP) is 2.79. The summed E-state index contributed by atoms with van der Waals surface area (Å²) in [6.07, 6.45) is 0.331. The van der Waals surface area contributed by atoms with E-state index in [2.05, 4.69) is 26.1 Å². The van der Waals surface area contributed by atoms with Crippen molar-refractivity contribution in [1.82, 2.24) is 9.21 Å². The van der Waals surface area contributed by atoms with Gasteiger partial charge in [0, 0.05) is 43.6 Å². The summed E-state index contributed by atoms with van der Waals surface area (Å²) < 4.78 is 33.1. The minimum atomic E-state index is -3.49. The van der Waals surface area contributed by atoms with E-state index in [4.69, 9.17) is 4.74 Å². The maximum Gasteiger partial charge on any atom is 0.243 e. The zero-order valence-corrected chi connectivity index (χ0v) is 18.6. The van der Waals surface area contributed by atoms with Crippen LogP contribution in [0.5, 0.6) is 5.75 Å². The number of nitrogens with zero attached hydrogens (tertiary/aromatic N) is 2. The molecule has 1 fully saturated rings. The Balaban J connectivity index is 1.48. The second-order valence-corrected chi connectivity index (χ2v) is 9.55. The Bertz CT molecular complexity index is 942. The molecule has 1 heterocycles. The molecule has 3 rings (SSSR count). The van der Waals surface area contributed by atoms with Crippen molar-refractivity contribution in [3.8, 4) is 5.75 Å². The van der Waals surface area contributed by atoms with E-state index < -0.39 is 10.0 Å². The van der Waals surface area contributed by atoms with Crippen LogP contribution in [-0.4, -0.2) is 63.4 Å². The number of ether oxygens (including phenoxy) is 1. The van der Waals surface area contributed by atoms with Gasteiger partial charge in [0.05, 0.1) is 17.7 Å². The molecule has 0 bridgehead atoms. The molecule has 2 aromatic rings. The summed E-state index contributed by atoms with van der Waals surface area (Å²) >= 11 is 3.32. The van der Waals surface area contributed by atoms with Gasteiger partial charge in [-0.3, -0.25) is 4.79 Å².